The predicted octanol–water partition coefficient (Wildman–Crippen LogP) is 2.11. The van der Waals surface area contributed by atoms with E-state index in [9.17, 15) is 9.90 Å². The number of hydrogen-bond donors (Lipinski definition) is 2. The molecular formula is C14H19NO3. The number of benzene rings is 1. The number of aryl methyl sites for hydroxylation is 1. The molecule has 18 heavy (non-hydrogen) atoms. The lowest BCUT2D eigenvalue weighted by molar-refractivity contribution is -0.116. The first-order chi connectivity index (χ1) is 8.44. The lowest BCUT2D eigenvalue weighted by Gasteiger charge is -2.19. The topological polar surface area (TPSA) is 58.6 Å². The highest BCUT2D eigenvalue weighted by atomic mass is 16.5. The molecule has 0 aromatic heterocycles. The van der Waals surface area contributed by atoms with Crippen LogP contribution < -0.4 is 10.1 Å². The average Bonchev–Trinajstić information content (AvgIpc) is 2.27. The number of anilines is 1. The number of hydrogen-bond acceptors (Lipinski definition) is 3. The van der Waals surface area contributed by atoms with Crippen LogP contribution in [0, 0.1) is 0 Å². The van der Waals surface area contributed by atoms with Crippen LogP contribution in [-0.2, 0) is 11.2 Å². The van der Waals surface area contributed by atoms with Crippen LogP contribution in [0.3, 0.4) is 0 Å². The van der Waals surface area contributed by atoms with Gasteiger partial charge in [-0.3, -0.25) is 4.79 Å². The molecule has 0 saturated heterocycles. The average molecular weight is 249 g/mol. The Morgan fingerprint density at radius 3 is 2.89 bits per heavy atom. The zero-order chi connectivity index (χ0) is 13.2. The predicted molar refractivity (Wildman–Crippen MR) is 69.8 cm³/mol. The first-order valence-corrected chi connectivity index (χ1v) is 6.22. The molecule has 98 valence electrons. The van der Waals surface area contributed by atoms with Gasteiger partial charge in [0.2, 0.25) is 5.91 Å². The third-order valence-electron chi connectivity index (χ3n) is 2.95. The Hall–Kier alpha value is -1.55. The second-order valence-corrected chi connectivity index (χ2v) is 5.28. The fraction of sp³-hybridized carbons (Fsp3) is 0.500. The van der Waals surface area contributed by atoms with E-state index in [0.29, 0.717) is 19.4 Å². The summed E-state index contributed by atoms with van der Waals surface area (Å²) in [7, 11) is 0. The molecule has 1 aromatic rings. The maximum atomic E-state index is 11.2. The van der Waals surface area contributed by atoms with Gasteiger partial charge in [0.1, 0.15) is 5.75 Å². The van der Waals surface area contributed by atoms with E-state index in [1.807, 2.05) is 18.2 Å². The molecule has 0 aliphatic carbocycles. The molecule has 0 saturated carbocycles. The number of aliphatic hydroxyl groups is 1. The van der Waals surface area contributed by atoms with Crippen molar-refractivity contribution >= 4 is 11.6 Å². The van der Waals surface area contributed by atoms with Gasteiger partial charge < -0.3 is 15.2 Å². The summed E-state index contributed by atoms with van der Waals surface area (Å²) in [6, 6.07) is 5.67. The van der Waals surface area contributed by atoms with E-state index in [1.54, 1.807) is 13.8 Å². The van der Waals surface area contributed by atoms with E-state index >= 15 is 0 Å². The van der Waals surface area contributed by atoms with Crippen molar-refractivity contribution in [3.8, 4) is 5.75 Å². The maximum Gasteiger partial charge on any atom is 0.224 e. The molecule has 1 amide bonds. The number of carbonyl (C=O) groups is 1. The minimum Gasteiger partial charge on any atom is -0.493 e. The molecular weight excluding hydrogens is 230 g/mol. The fourth-order valence-electron chi connectivity index (χ4n) is 1.87. The first-order valence-electron chi connectivity index (χ1n) is 6.22. The van der Waals surface area contributed by atoms with Gasteiger partial charge in [0.25, 0.3) is 0 Å². The van der Waals surface area contributed by atoms with Gasteiger partial charge in [0, 0.05) is 18.5 Å². The van der Waals surface area contributed by atoms with Crippen molar-refractivity contribution < 1.29 is 14.6 Å². The molecule has 0 bridgehead atoms. The largest absolute Gasteiger partial charge is 0.493 e. The second kappa shape index (κ2) is 4.98. The van der Waals surface area contributed by atoms with E-state index < -0.39 is 5.60 Å². The highest BCUT2D eigenvalue weighted by Crippen LogP contribution is 2.27. The first kappa shape index (κ1) is 12.9. The van der Waals surface area contributed by atoms with Crippen LogP contribution in [0.1, 0.15) is 32.3 Å². The van der Waals surface area contributed by atoms with Crippen LogP contribution in [0.5, 0.6) is 5.75 Å². The monoisotopic (exact) mass is 249 g/mol. The highest BCUT2D eigenvalue weighted by molar-refractivity contribution is 5.93. The summed E-state index contributed by atoms with van der Waals surface area (Å²) in [5.74, 6) is 0.854. The van der Waals surface area contributed by atoms with Gasteiger partial charge in [-0.1, -0.05) is 0 Å². The van der Waals surface area contributed by atoms with Gasteiger partial charge in [-0.25, -0.2) is 0 Å². The van der Waals surface area contributed by atoms with E-state index in [2.05, 4.69) is 5.32 Å². The molecule has 1 aliphatic heterocycles. The van der Waals surface area contributed by atoms with Crippen molar-refractivity contribution in [3.05, 3.63) is 23.8 Å². The van der Waals surface area contributed by atoms with Crippen LogP contribution >= 0.6 is 0 Å². The Morgan fingerprint density at radius 2 is 2.17 bits per heavy atom. The molecule has 1 aromatic carbocycles. The minimum atomic E-state index is -0.706. The maximum absolute atomic E-state index is 11.2. The summed E-state index contributed by atoms with van der Waals surface area (Å²) >= 11 is 0. The lowest BCUT2D eigenvalue weighted by atomic mass is 10.0. The standard InChI is InChI=1S/C14H19NO3/c1-14(2,17)7-8-18-11-4-5-12-10(9-11)3-6-13(16)15-12/h4-5,9,17H,3,6-8H2,1-2H3,(H,15,16). The summed E-state index contributed by atoms with van der Waals surface area (Å²) in [5, 5.41) is 12.4. The lowest BCUT2D eigenvalue weighted by Crippen LogP contribution is -2.22. The molecule has 0 spiro atoms. The summed E-state index contributed by atoms with van der Waals surface area (Å²) in [6.07, 6.45) is 1.87. The van der Waals surface area contributed by atoms with E-state index in [0.717, 1.165) is 23.4 Å². The van der Waals surface area contributed by atoms with Gasteiger partial charge in [-0.15, -0.1) is 0 Å². The molecule has 1 heterocycles. The molecule has 0 unspecified atom stereocenters. The quantitative estimate of drug-likeness (QED) is 0.859. The second-order valence-electron chi connectivity index (χ2n) is 5.28. The van der Waals surface area contributed by atoms with Gasteiger partial charge in [0.15, 0.2) is 0 Å². The third kappa shape index (κ3) is 3.47. The fourth-order valence-corrected chi connectivity index (χ4v) is 1.87. The van der Waals surface area contributed by atoms with Crippen molar-refractivity contribution in [2.45, 2.75) is 38.7 Å². The molecule has 4 heteroatoms. The SMILES string of the molecule is CC(C)(O)CCOc1ccc2c(c1)CCC(=O)N2. The van der Waals surface area contributed by atoms with Crippen molar-refractivity contribution in [1.29, 1.82) is 0 Å². The van der Waals surface area contributed by atoms with Gasteiger partial charge in [-0.05, 0) is 44.0 Å². The van der Waals surface area contributed by atoms with Crippen LogP contribution in [0.2, 0.25) is 0 Å². The van der Waals surface area contributed by atoms with Crippen molar-refractivity contribution in [2.24, 2.45) is 0 Å². The number of carbonyl (C=O) groups excluding carboxylic acids is 1. The number of rotatable bonds is 4. The van der Waals surface area contributed by atoms with Gasteiger partial charge in [-0.2, -0.15) is 0 Å². The molecule has 0 fully saturated rings. The molecule has 0 atom stereocenters. The zero-order valence-electron chi connectivity index (χ0n) is 10.8. The van der Waals surface area contributed by atoms with E-state index in [4.69, 9.17) is 4.74 Å². The third-order valence-corrected chi connectivity index (χ3v) is 2.95. The molecule has 2 rings (SSSR count). The Kier molecular flexibility index (Phi) is 3.57. The number of amides is 1. The van der Waals surface area contributed by atoms with Gasteiger partial charge in [0.05, 0.1) is 12.2 Å². The summed E-state index contributed by atoms with van der Waals surface area (Å²) in [5.41, 5.74) is 1.28. The summed E-state index contributed by atoms with van der Waals surface area (Å²) in [6.45, 7) is 4.01. The Bertz CT molecular complexity index is 449. The molecule has 0 radical (unpaired) electrons. The van der Waals surface area contributed by atoms with Crippen molar-refractivity contribution in [2.75, 3.05) is 11.9 Å². The van der Waals surface area contributed by atoms with Crippen LogP contribution in [0.25, 0.3) is 0 Å². The molecule has 1 aliphatic rings. The number of fused-ring (bicyclic) bond motifs is 1. The Labute approximate surface area is 107 Å². The summed E-state index contributed by atoms with van der Waals surface area (Å²) in [4.78, 5) is 11.2. The van der Waals surface area contributed by atoms with Crippen molar-refractivity contribution in [3.63, 3.8) is 0 Å². The minimum absolute atomic E-state index is 0.0678. The zero-order valence-corrected chi connectivity index (χ0v) is 10.8. The van der Waals surface area contributed by atoms with Crippen molar-refractivity contribution in [1.82, 2.24) is 0 Å². The summed E-state index contributed by atoms with van der Waals surface area (Å²) < 4.78 is 5.60. The number of ether oxygens (including phenoxy) is 1. The van der Waals surface area contributed by atoms with E-state index in [-0.39, 0.29) is 5.91 Å². The Morgan fingerprint density at radius 1 is 1.39 bits per heavy atom. The normalized spacial score (nSPS) is 14.9. The van der Waals surface area contributed by atoms with Crippen LogP contribution in [0.4, 0.5) is 5.69 Å². The van der Waals surface area contributed by atoms with Crippen LogP contribution in [-0.4, -0.2) is 23.2 Å². The number of nitrogens with one attached hydrogen (secondary N) is 1. The van der Waals surface area contributed by atoms with Crippen LogP contribution in [0.15, 0.2) is 18.2 Å². The van der Waals surface area contributed by atoms with Gasteiger partial charge >= 0.3 is 0 Å². The van der Waals surface area contributed by atoms with E-state index in [1.165, 1.54) is 0 Å². The Balaban J connectivity index is 1.97. The highest BCUT2D eigenvalue weighted by Gasteiger charge is 2.16. The smallest absolute Gasteiger partial charge is 0.224 e. The molecule has 2 N–H and O–H groups in total. The molecule has 4 nitrogen and oxygen atoms in total.